The molecule has 1 aromatic heterocycles. The number of ether oxygens (including phenoxy) is 3. The second-order valence-corrected chi connectivity index (χ2v) is 15.9. The van der Waals surface area contributed by atoms with Crippen LogP contribution < -0.4 is 4.74 Å². The summed E-state index contributed by atoms with van der Waals surface area (Å²) < 4.78 is 18.6. The number of benzene rings is 1. The number of carbonyl (C=O) groups excluding carboxylic acids is 2. The van der Waals surface area contributed by atoms with Gasteiger partial charge in [-0.1, -0.05) is 41.5 Å². The van der Waals surface area contributed by atoms with E-state index in [1.54, 1.807) is 21.0 Å². The number of hydrogen-bond acceptors (Lipinski definition) is 5. The molecule has 35 heavy (non-hydrogen) atoms. The van der Waals surface area contributed by atoms with Crippen molar-refractivity contribution in [2.75, 3.05) is 20.3 Å². The van der Waals surface area contributed by atoms with Crippen LogP contribution in [0.2, 0.25) is 16.6 Å². The molecule has 0 aliphatic rings. The highest BCUT2D eigenvalue weighted by molar-refractivity contribution is 6.82. The molecule has 0 N–H and O–H groups in total. The van der Waals surface area contributed by atoms with Gasteiger partial charge in [-0.25, -0.2) is 0 Å². The largest absolute Gasteiger partial charge is 0.497 e. The SMILES string of the molecule is CCOC(=O)C(CCc1c(C)n([Si](C(C)C)(C(C)C)C(C)C)c2ccc(OC)cc12)C(=O)OCC. The van der Waals surface area contributed by atoms with Crippen molar-refractivity contribution in [1.82, 2.24) is 4.23 Å². The molecule has 0 saturated carbocycles. The van der Waals surface area contributed by atoms with Gasteiger partial charge in [-0.3, -0.25) is 9.59 Å². The van der Waals surface area contributed by atoms with E-state index in [-0.39, 0.29) is 13.2 Å². The molecule has 0 aliphatic heterocycles. The molecular formula is C28H45NO5Si. The van der Waals surface area contributed by atoms with E-state index in [0.29, 0.717) is 29.5 Å². The summed E-state index contributed by atoms with van der Waals surface area (Å²) in [6.07, 6.45) is 0.915. The van der Waals surface area contributed by atoms with Gasteiger partial charge in [0.15, 0.2) is 14.2 Å². The molecule has 0 saturated heterocycles. The molecule has 0 spiro atoms. The van der Waals surface area contributed by atoms with Crippen molar-refractivity contribution in [2.45, 2.75) is 91.8 Å². The topological polar surface area (TPSA) is 66.8 Å². The number of fused-ring (bicyclic) bond motifs is 1. The molecule has 1 aromatic carbocycles. The maximum Gasteiger partial charge on any atom is 0.320 e. The van der Waals surface area contributed by atoms with E-state index in [0.717, 1.165) is 16.7 Å². The monoisotopic (exact) mass is 503 g/mol. The molecule has 6 nitrogen and oxygen atoms in total. The molecule has 7 heteroatoms. The first kappa shape index (κ1) is 29.0. The fourth-order valence-electron chi connectivity index (χ4n) is 6.28. The third-order valence-corrected chi connectivity index (χ3v) is 14.4. The van der Waals surface area contributed by atoms with E-state index in [1.165, 1.54) is 11.2 Å². The third kappa shape index (κ3) is 5.45. The quantitative estimate of drug-likeness (QED) is 0.184. The van der Waals surface area contributed by atoms with Gasteiger partial charge in [0, 0.05) is 16.6 Å². The fraction of sp³-hybridized carbons (Fsp3) is 0.643. The van der Waals surface area contributed by atoms with Gasteiger partial charge >= 0.3 is 11.9 Å². The number of methoxy groups -OCH3 is 1. The summed E-state index contributed by atoms with van der Waals surface area (Å²) in [5.74, 6) is -1.16. The Morgan fingerprint density at radius 3 is 1.86 bits per heavy atom. The Bertz CT molecular complexity index is 984. The number of carbonyl (C=O) groups is 2. The van der Waals surface area contributed by atoms with Gasteiger partial charge in [0.25, 0.3) is 0 Å². The summed E-state index contributed by atoms with van der Waals surface area (Å²) in [6, 6.07) is 6.30. The molecule has 0 bridgehead atoms. The lowest BCUT2D eigenvalue weighted by molar-refractivity contribution is -0.161. The summed E-state index contributed by atoms with van der Waals surface area (Å²) in [5, 5.41) is 1.13. The first-order valence-electron chi connectivity index (χ1n) is 13.0. The number of rotatable bonds is 12. The Morgan fingerprint density at radius 2 is 1.43 bits per heavy atom. The second kappa shape index (κ2) is 12.1. The molecule has 0 atom stereocenters. The lowest BCUT2D eigenvalue weighted by atomic mass is 9.97. The predicted octanol–water partition coefficient (Wildman–Crippen LogP) is 6.66. The molecule has 0 fully saturated rings. The Balaban J connectivity index is 2.72. The third-order valence-electron chi connectivity index (χ3n) is 7.53. The summed E-state index contributed by atoms with van der Waals surface area (Å²) in [7, 11) is -0.374. The number of hydrogen-bond donors (Lipinski definition) is 0. The Kier molecular flexibility index (Phi) is 10.0. The van der Waals surface area contributed by atoms with Crippen LogP contribution in [-0.2, 0) is 25.5 Å². The van der Waals surface area contributed by atoms with E-state index < -0.39 is 26.1 Å². The first-order chi connectivity index (χ1) is 16.5. The second-order valence-electron chi connectivity index (χ2n) is 10.2. The van der Waals surface area contributed by atoms with E-state index in [4.69, 9.17) is 14.2 Å². The smallest absolute Gasteiger partial charge is 0.320 e. The summed E-state index contributed by atoms with van der Waals surface area (Å²) in [4.78, 5) is 25.2. The zero-order valence-corrected chi connectivity index (χ0v) is 24.4. The van der Waals surface area contributed by atoms with Gasteiger partial charge in [0.1, 0.15) is 5.75 Å². The minimum absolute atomic E-state index is 0.232. The van der Waals surface area contributed by atoms with Crippen LogP contribution in [0.3, 0.4) is 0 Å². The van der Waals surface area contributed by atoms with E-state index >= 15 is 0 Å². The normalized spacial score (nSPS) is 12.3. The lowest BCUT2D eigenvalue weighted by Crippen LogP contribution is -2.52. The molecular weight excluding hydrogens is 458 g/mol. The molecule has 196 valence electrons. The Hall–Kier alpha value is -2.28. The van der Waals surface area contributed by atoms with Gasteiger partial charge < -0.3 is 18.4 Å². The van der Waals surface area contributed by atoms with Crippen LogP contribution in [0.5, 0.6) is 5.75 Å². The highest BCUT2D eigenvalue weighted by Gasteiger charge is 2.47. The number of aromatic nitrogens is 1. The maximum atomic E-state index is 12.6. The van der Waals surface area contributed by atoms with Crippen molar-refractivity contribution < 1.29 is 23.8 Å². The number of aryl methyl sites for hydroxylation is 1. The van der Waals surface area contributed by atoms with Crippen LogP contribution in [0, 0.1) is 12.8 Å². The van der Waals surface area contributed by atoms with Crippen LogP contribution in [-0.4, -0.2) is 44.7 Å². The molecule has 1 heterocycles. The molecule has 2 aromatic rings. The van der Waals surface area contributed by atoms with Gasteiger partial charge in [-0.2, -0.15) is 0 Å². The van der Waals surface area contributed by atoms with Gasteiger partial charge in [-0.15, -0.1) is 0 Å². The van der Waals surface area contributed by atoms with Crippen LogP contribution in [0.15, 0.2) is 18.2 Å². The summed E-state index contributed by atoms with van der Waals surface area (Å²) >= 11 is 0. The van der Waals surface area contributed by atoms with Gasteiger partial charge in [-0.05, 0) is 74.0 Å². The standard InChI is InChI=1S/C28H45NO5Si/c1-11-33-27(30)24(28(31)34-12-2)15-14-23-21(9)29(26-16-13-22(32-10)17-25(23)26)35(18(3)4,19(5)6)20(7)8/h13,16-20,24H,11-12,14-15H2,1-10H3. The van der Waals surface area contributed by atoms with Crippen molar-refractivity contribution in [2.24, 2.45) is 5.92 Å². The fourth-order valence-corrected chi connectivity index (χ4v) is 13.2. The molecule has 2 rings (SSSR count). The predicted molar refractivity (Wildman–Crippen MR) is 145 cm³/mol. The lowest BCUT2D eigenvalue weighted by Gasteiger charge is -2.45. The minimum atomic E-state index is -2.05. The maximum absolute atomic E-state index is 12.6. The average Bonchev–Trinajstić information content (AvgIpc) is 3.05. The molecule has 0 aliphatic carbocycles. The molecule has 0 radical (unpaired) electrons. The zero-order chi connectivity index (χ0) is 26.5. The van der Waals surface area contributed by atoms with Gasteiger partial charge in [0.05, 0.1) is 20.3 Å². The van der Waals surface area contributed by atoms with E-state index in [9.17, 15) is 9.59 Å². The Morgan fingerprint density at radius 1 is 0.914 bits per heavy atom. The van der Waals surface area contributed by atoms with Crippen LogP contribution in [0.25, 0.3) is 10.9 Å². The van der Waals surface area contributed by atoms with Crippen LogP contribution >= 0.6 is 0 Å². The van der Waals surface area contributed by atoms with Crippen LogP contribution in [0.4, 0.5) is 0 Å². The molecule has 0 unspecified atom stereocenters. The van der Waals surface area contributed by atoms with Crippen molar-refractivity contribution in [1.29, 1.82) is 0 Å². The summed E-state index contributed by atoms with van der Waals surface area (Å²) in [5.41, 5.74) is 5.18. The van der Waals surface area contributed by atoms with E-state index in [1.807, 2.05) is 6.07 Å². The van der Waals surface area contributed by atoms with Gasteiger partial charge in [0.2, 0.25) is 0 Å². The van der Waals surface area contributed by atoms with E-state index in [2.05, 4.69) is 64.8 Å². The van der Waals surface area contributed by atoms with Crippen molar-refractivity contribution in [3.05, 3.63) is 29.5 Å². The number of nitrogens with zero attached hydrogens (tertiary/aromatic N) is 1. The van der Waals surface area contributed by atoms with Crippen molar-refractivity contribution in [3.63, 3.8) is 0 Å². The first-order valence-corrected chi connectivity index (χ1v) is 15.2. The number of esters is 2. The highest BCUT2D eigenvalue weighted by Crippen LogP contribution is 2.46. The Labute approximate surface area is 212 Å². The van der Waals surface area contributed by atoms with Crippen LogP contribution in [0.1, 0.15) is 73.1 Å². The van der Waals surface area contributed by atoms with Crippen molar-refractivity contribution in [3.8, 4) is 5.75 Å². The average molecular weight is 504 g/mol. The highest BCUT2D eigenvalue weighted by atomic mass is 28.3. The zero-order valence-electron chi connectivity index (χ0n) is 23.4. The van der Waals surface area contributed by atoms with Crippen molar-refractivity contribution >= 4 is 31.1 Å². The summed E-state index contributed by atoms with van der Waals surface area (Å²) in [6.45, 7) is 20.3. The molecule has 0 amide bonds. The minimum Gasteiger partial charge on any atom is -0.497 e.